The van der Waals surface area contributed by atoms with Crippen LogP contribution in [0.15, 0.2) is 36.4 Å². The van der Waals surface area contributed by atoms with Crippen molar-refractivity contribution in [3.63, 3.8) is 0 Å². The molecule has 2 fully saturated rings. The molecule has 0 saturated carbocycles. The van der Waals surface area contributed by atoms with Crippen molar-refractivity contribution in [1.82, 2.24) is 4.90 Å². The van der Waals surface area contributed by atoms with Crippen LogP contribution in [0.25, 0.3) is 0 Å². The largest absolute Gasteiger partial charge is 0.478 e. The Morgan fingerprint density at radius 1 is 0.763 bits per heavy atom. The Morgan fingerprint density at radius 2 is 1.16 bits per heavy atom. The lowest BCUT2D eigenvalue weighted by Crippen LogP contribution is -2.36. The first-order valence-electron chi connectivity index (χ1n) is 11.8. The quantitative estimate of drug-likeness (QED) is 0.428. The molecule has 1 amide bonds. The molecule has 204 valence electrons. The third-order valence-corrected chi connectivity index (χ3v) is 5.88. The number of carboxylic acid groups (broad SMARTS) is 1. The molecule has 14 heteroatoms. The molecular weight excluding hydrogens is 502 g/mol. The standard InChI is InChI=1S/C13H17N3O4.C11H12N2O5/c1-14(2)13(17)10-7-11(9-12(8-10)16(18)19)15-3-5-20-6-4-15;14-11(15)8-5-9(7-10(6-8)13(16)17)12-1-3-18-4-2-12/h7-9H,3-6H2,1-2H3;5-7H,1-4H2,(H,14,15). The Morgan fingerprint density at radius 3 is 1.53 bits per heavy atom. The fourth-order valence-electron chi connectivity index (χ4n) is 3.91. The number of hydrogen-bond acceptors (Lipinski definition) is 10. The summed E-state index contributed by atoms with van der Waals surface area (Å²) in [5.74, 6) is -1.42. The predicted molar refractivity (Wildman–Crippen MR) is 137 cm³/mol. The van der Waals surface area contributed by atoms with E-state index in [4.69, 9.17) is 14.6 Å². The molecule has 0 atom stereocenters. The highest BCUT2D eigenvalue weighted by Crippen LogP contribution is 2.26. The number of nitro benzene ring substituents is 2. The van der Waals surface area contributed by atoms with E-state index in [0.29, 0.717) is 69.5 Å². The summed E-state index contributed by atoms with van der Waals surface area (Å²) in [4.78, 5) is 49.0. The smallest absolute Gasteiger partial charge is 0.336 e. The van der Waals surface area contributed by atoms with Gasteiger partial charge in [-0.15, -0.1) is 0 Å². The summed E-state index contributed by atoms with van der Waals surface area (Å²) in [5.41, 5.74) is 1.20. The maximum atomic E-state index is 12.0. The summed E-state index contributed by atoms with van der Waals surface area (Å²) in [6.45, 7) is 4.75. The van der Waals surface area contributed by atoms with E-state index in [1.54, 1.807) is 20.2 Å². The Bertz CT molecular complexity index is 1160. The lowest BCUT2D eigenvalue weighted by Gasteiger charge is -2.29. The Kier molecular flexibility index (Phi) is 9.51. The van der Waals surface area contributed by atoms with Crippen LogP contribution in [0.2, 0.25) is 0 Å². The van der Waals surface area contributed by atoms with Crippen LogP contribution in [-0.2, 0) is 9.47 Å². The van der Waals surface area contributed by atoms with Crippen LogP contribution in [0.1, 0.15) is 20.7 Å². The SMILES string of the molecule is CN(C)C(=O)c1cc(N2CCOCC2)cc([N+](=O)[O-])c1.O=C(O)c1cc(N2CCOCC2)cc([N+](=O)[O-])c1. The molecule has 2 saturated heterocycles. The maximum absolute atomic E-state index is 12.0. The van der Waals surface area contributed by atoms with Gasteiger partial charge in [0.2, 0.25) is 0 Å². The first-order chi connectivity index (χ1) is 18.1. The van der Waals surface area contributed by atoms with Gasteiger partial charge in [-0.2, -0.15) is 0 Å². The summed E-state index contributed by atoms with van der Waals surface area (Å²) in [6, 6.07) is 8.40. The summed E-state index contributed by atoms with van der Waals surface area (Å²) >= 11 is 0. The van der Waals surface area contributed by atoms with Crippen LogP contribution in [-0.4, -0.2) is 98.4 Å². The van der Waals surface area contributed by atoms with Crippen molar-refractivity contribution in [3.05, 3.63) is 67.8 Å². The van der Waals surface area contributed by atoms with Gasteiger partial charge in [0.05, 0.1) is 41.8 Å². The molecule has 0 aromatic heterocycles. The number of benzene rings is 2. The number of anilines is 2. The summed E-state index contributed by atoms with van der Waals surface area (Å²) in [6.07, 6.45) is 0. The number of morpholine rings is 2. The van der Waals surface area contributed by atoms with E-state index in [9.17, 15) is 29.8 Å². The van der Waals surface area contributed by atoms with Gasteiger partial charge in [-0.05, 0) is 12.1 Å². The molecule has 14 nitrogen and oxygen atoms in total. The van der Waals surface area contributed by atoms with Gasteiger partial charge in [0.25, 0.3) is 17.3 Å². The van der Waals surface area contributed by atoms with E-state index in [1.807, 2.05) is 9.80 Å². The number of aromatic carboxylic acids is 1. The van der Waals surface area contributed by atoms with Gasteiger partial charge in [-0.3, -0.25) is 25.0 Å². The number of amides is 1. The molecule has 0 spiro atoms. The van der Waals surface area contributed by atoms with Gasteiger partial charge in [0.15, 0.2) is 0 Å². The molecule has 4 rings (SSSR count). The van der Waals surface area contributed by atoms with Gasteiger partial charge >= 0.3 is 5.97 Å². The van der Waals surface area contributed by atoms with Crippen LogP contribution in [0.4, 0.5) is 22.7 Å². The lowest BCUT2D eigenvalue weighted by molar-refractivity contribution is -0.385. The van der Waals surface area contributed by atoms with Crippen molar-refractivity contribution in [2.75, 3.05) is 76.5 Å². The number of carboxylic acids is 1. The normalized spacial score (nSPS) is 15.2. The zero-order valence-corrected chi connectivity index (χ0v) is 21.1. The number of nitrogens with zero attached hydrogens (tertiary/aromatic N) is 5. The van der Waals surface area contributed by atoms with Gasteiger partial charge in [-0.1, -0.05) is 0 Å². The molecule has 0 aliphatic carbocycles. The minimum Gasteiger partial charge on any atom is -0.478 e. The Labute approximate surface area is 218 Å². The van der Waals surface area contributed by atoms with Crippen LogP contribution < -0.4 is 9.80 Å². The highest BCUT2D eigenvalue weighted by atomic mass is 16.6. The molecular formula is C24H29N5O9. The van der Waals surface area contributed by atoms with Gasteiger partial charge in [-0.25, -0.2) is 4.79 Å². The number of non-ortho nitro benzene ring substituents is 2. The van der Waals surface area contributed by atoms with Crippen molar-refractivity contribution in [3.8, 4) is 0 Å². The number of hydrogen-bond donors (Lipinski definition) is 1. The third-order valence-electron chi connectivity index (χ3n) is 5.88. The molecule has 2 aromatic carbocycles. The van der Waals surface area contributed by atoms with E-state index in [0.717, 1.165) is 6.07 Å². The monoisotopic (exact) mass is 531 g/mol. The van der Waals surface area contributed by atoms with E-state index >= 15 is 0 Å². The summed E-state index contributed by atoms with van der Waals surface area (Å²) in [7, 11) is 3.24. The molecule has 0 unspecified atom stereocenters. The second kappa shape index (κ2) is 12.8. The first kappa shape index (κ1) is 28.3. The van der Waals surface area contributed by atoms with E-state index in [1.165, 1.54) is 29.2 Å². The van der Waals surface area contributed by atoms with Crippen molar-refractivity contribution in [2.24, 2.45) is 0 Å². The molecule has 2 aliphatic heterocycles. The molecule has 1 N–H and O–H groups in total. The molecule has 38 heavy (non-hydrogen) atoms. The average Bonchev–Trinajstić information content (AvgIpc) is 2.93. The first-order valence-corrected chi connectivity index (χ1v) is 11.8. The molecule has 0 bridgehead atoms. The topological polar surface area (TPSA) is 169 Å². The Hall–Kier alpha value is -4.30. The average molecular weight is 532 g/mol. The van der Waals surface area contributed by atoms with Crippen molar-refractivity contribution in [1.29, 1.82) is 0 Å². The molecule has 2 heterocycles. The molecule has 2 aliphatic rings. The van der Waals surface area contributed by atoms with Gasteiger partial charge in [0.1, 0.15) is 0 Å². The molecule has 2 aromatic rings. The van der Waals surface area contributed by atoms with Crippen LogP contribution in [0, 0.1) is 20.2 Å². The number of carbonyl (C=O) groups is 2. The fourth-order valence-corrected chi connectivity index (χ4v) is 3.91. The van der Waals surface area contributed by atoms with Crippen molar-refractivity contribution >= 4 is 34.6 Å². The van der Waals surface area contributed by atoms with E-state index in [2.05, 4.69) is 0 Å². The molecule has 0 radical (unpaired) electrons. The summed E-state index contributed by atoms with van der Waals surface area (Å²) in [5, 5.41) is 30.7. The summed E-state index contributed by atoms with van der Waals surface area (Å²) < 4.78 is 10.4. The van der Waals surface area contributed by atoms with Crippen LogP contribution in [0.5, 0.6) is 0 Å². The number of carbonyl (C=O) groups excluding carboxylic acids is 1. The number of ether oxygens (including phenoxy) is 2. The van der Waals surface area contributed by atoms with E-state index < -0.39 is 15.8 Å². The number of rotatable bonds is 6. The van der Waals surface area contributed by atoms with Crippen molar-refractivity contribution < 1.29 is 34.0 Å². The van der Waals surface area contributed by atoms with E-state index in [-0.39, 0.29) is 22.8 Å². The highest BCUT2D eigenvalue weighted by molar-refractivity contribution is 5.95. The zero-order chi connectivity index (χ0) is 27.8. The lowest BCUT2D eigenvalue weighted by atomic mass is 10.1. The minimum absolute atomic E-state index is 0.0702. The third kappa shape index (κ3) is 7.36. The van der Waals surface area contributed by atoms with Gasteiger partial charge in [0, 0.05) is 81.5 Å². The highest BCUT2D eigenvalue weighted by Gasteiger charge is 2.20. The Balaban J connectivity index is 0.000000212. The maximum Gasteiger partial charge on any atom is 0.336 e. The minimum atomic E-state index is -1.17. The van der Waals surface area contributed by atoms with Gasteiger partial charge < -0.3 is 29.3 Å². The van der Waals surface area contributed by atoms with Crippen molar-refractivity contribution in [2.45, 2.75) is 0 Å². The predicted octanol–water partition coefficient (Wildman–Crippen LogP) is 2.26. The fraction of sp³-hybridized carbons (Fsp3) is 0.417. The van der Waals surface area contributed by atoms with Crippen LogP contribution >= 0.6 is 0 Å². The second-order valence-corrected chi connectivity index (χ2v) is 8.69. The second-order valence-electron chi connectivity index (χ2n) is 8.69. The number of nitro groups is 2. The zero-order valence-electron chi connectivity index (χ0n) is 21.1. The van der Waals surface area contributed by atoms with Crippen LogP contribution in [0.3, 0.4) is 0 Å².